The van der Waals surface area contributed by atoms with Crippen LogP contribution in [0.3, 0.4) is 0 Å². The van der Waals surface area contributed by atoms with Crippen LogP contribution in [-0.4, -0.2) is 9.97 Å². The molecule has 2 heterocycles. The highest BCUT2D eigenvalue weighted by atomic mass is 79.9. The molecule has 0 saturated carbocycles. The van der Waals surface area contributed by atoms with E-state index >= 15 is 0 Å². The van der Waals surface area contributed by atoms with Crippen molar-refractivity contribution < 1.29 is 4.42 Å². The van der Waals surface area contributed by atoms with Gasteiger partial charge in [-0.2, -0.15) is 0 Å². The highest BCUT2D eigenvalue weighted by Crippen LogP contribution is 2.24. The zero-order valence-electron chi connectivity index (χ0n) is 6.07. The Bertz CT molecular complexity index is 372. The Labute approximate surface area is 77.6 Å². The summed E-state index contributed by atoms with van der Waals surface area (Å²) in [6.07, 6.45) is 6.51. The van der Waals surface area contributed by atoms with Crippen molar-refractivity contribution in [2.24, 2.45) is 0 Å². The van der Waals surface area contributed by atoms with Crippen LogP contribution in [0, 0.1) is 0 Å². The Morgan fingerprint density at radius 2 is 2.33 bits per heavy atom. The third-order valence-electron chi connectivity index (χ3n) is 1.50. The Balaban J connectivity index is 2.55. The van der Waals surface area contributed by atoms with Gasteiger partial charge in [-0.15, -0.1) is 0 Å². The normalized spacial score (nSPS) is 10.1. The summed E-state index contributed by atoms with van der Waals surface area (Å²) in [5, 5.41) is 0. The largest absolute Gasteiger partial charge is 0.472 e. The van der Waals surface area contributed by atoms with Crippen molar-refractivity contribution in [2.75, 3.05) is 0 Å². The van der Waals surface area contributed by atoms with Crippen LogP contribution in [0.1, 0.15) is 0 Å². The third kappa shape index (κ3) is 1.25. The molecule has 0 atom stereocenters. The number of aromatic nitrogens is 2. The van der Waals surface area contributed by atoms with Crippen molar-refractivity contribution in [1.82, 2.24) is 9.97 Å². The van der Waals surface area contributed by atoms with Crippen molar-refractivity contribution in [1.29, 1.82) is 0 Å². The zero-order valence-corrected chi connectivity index (χ0v) is 7.65. The monoisotopic (exact) mass is 224 g/mol. The van der Waals surface area contributed by atoms with Gasteiger partial charge >= 0.3 is 0 Å². The van der Waals surface area contributed by atoms with E-state index in [-0.39, 0.29) is 0 Å². The fourth-order valence-corrected chi connectivity index (χ4v) is 1.35. The molecule has 0 fully saturated rings. The van der Waals surface area contributed by atoms with Gasteiger partial charge in [0, 0.05) is 17.3 Å². The lowest BCUT2D eigenvalue weighted by molar-refractivity contribution is 0.568. The average Bonchev–Trinajstić information content (AvgIpc) is 2.57. The minimum absolute atomic E-state index is 0.777. The molecule has 0 amide bonds. The fraction of sp³-hybridized carbons (Fsp3) is 0. The zero-order chi connectivity index (χ0) is 8.39. The molecule has 0 aromatic carbocycles. The van der Waals surface area contributed by atoms with Crippen molar-refractivity contribution in [3.8, 4) is 11.1 Å². The number of nitrogens with zero attached hydrogens (tertiary/aromatic N) is 2. The predicted octanol–water partition coefficient (Wildman–Crippen LogP) is 2.50. The third-order valence-corrected chi connectivity index (χ3v) is 2.13. The van der Waals surface area contributed by atoms with E-state index in [2.05, 4.69) is 25.9 Å². The summed E-state index contributed by atoms with van der Waals surface area (Å²) < 4.78 is 5.72. The second-order valence-corrected chi connectivity index (χ2v) is 2.99. The molecule has 0 bridgehead atoms. The lowest BCUT2D eigenvalue weighted by atomic mass is 10.2. The first-order chi connectivity index (χ1) is 5.88. The Morgan fingerprint density at radius 3 is 3.00 bits per heavy atom. The first-order valence-electron chi connectivity index (χ1n) is 3.36. The first-order valence-corrected chi connectivity index (χ1v) is 4.15. The Kier molecular flexibility index (Phi) is 1.91. The van der Waals surface area contributed by atoms with Gasteiger partial charge in [0.1, 0.15) is 10.9 Å². The molecule has 60 valence electrons. The van der Waals surface area contributed by atoms with Crippen LogP contribution in [0.5, 0.6) is 0 Å². The molecule has 0 aliphatic carbocycles. The molecule has 2 aromatic rings. The van der Waals surface area contributed by atoms with Crippen LogP contribution >= 0.6 is 15.9 Å². The number of rotatable bonds is 1. The van der Waals surface area contributed by atoms with Gasteiger partial charge < -0.3 is 4.42 Å². The Hall–Kier alpha value is -1.16. The number of halogens is 1. The van der Waals surface area contributed by atoms with E-state index in [9.17, 15) is 0 Å². The van der Waals surface area contributed by atoms with Gasteiger partial charge in [-0.3, -0.25) is 0 Å². The molecule has 0 aliphatic heterocycles. The van der Waals surface area contributed by atoms with Crippen molar-refractivity contribution in [3.63, 3.8) is 0 Å². The van der Waals surface area contributed by atoms with Crippen molar-refractivity contribution in [2.45, 2.75) is 0 Å². The second-order valence-electron chi connectivity index (χ2n) is 2.24. The van der Waals surface area contributed by atoms with Gasteiger partial charge in [-0.25, -0.2) is 9.97 Å². The highest BCUT2D eigenvalue weighted by Gasteiger charge is 2.03. The lowest BCUT2D eigenvalue weighted by Gasteiger charge is -1.96. The van der Waals surface area contributed by atoms with E-state index in [4.69, 9.17) is 4.42 Å². The van der Waals surface area contributed by atoms with Crippen molar-refractivity contribution in [3.05, 3.63) is 35.7 Å². The van der Waals surface area contributed by atoms with Crippen LogP contribution in [0.4, 0.5) is 0 Å². The van der Waals surface area contributed by atoms with Gasteiger partial charge in [0.2, 0.25) is 0 Å². The molecule has 0 spiro atoms. The summed E-state index contributed by atoms with van der Waals surface area (Å²) in [7, 11) is 0. The SMILES string of the molecule is Brc1ncncc1-c1ccoc1. The van der Waals surface area contributed by atoms with Crippen LogP contribution in [-0.2, 0) is 0 Å². The molecule has 4 heteroatoms. The highest BCUT2D eigenvalue weighted by molar-refractivity contribution is 9.10. The fourth-order valence-electron chi connectivity index (χ4n) is 0.926. The van der Waals surface area contributed by atoms with E-state index in [1.165, 1.54) is 6.33 Å². The van der Waals surface area contributed by atoms with Crippen molar-refractivity contribution >= 4 is 15.9 Å². The smallest absolute Gasteiger partial charge is 0.117 e. The molecular formula is C8H5BrN2O. The molecule has 2 rings (SSSR count). The Morgan fingerprint density at radius 1 is 1.42 bits per heavy atom. The van der Waals surface area contributed by atoms with E-state index in [0.717, 1.165) is 15.7 Å². The summed E-state index contributed by atoms with van der Waals surface area (Å²) >= 11 is 3.32. The maximum atomic E-state index is 4.95. The summed E-state index contributed by atoms with van der Waals surface area (Å²) in [4.78, 5) is 7.92. The van der Waals surface area contributed by atoms with Gasteiger partial charge in [0.15, 0.2) is 0 Å². The quantitative estimate of drug-likeness (QED) is 0.700. The van der Waals surface area contributed by atoms with Crippen LogP contribution in [0.2, 0.25) is 0 Å². The first kappa shape index (κ1) is 7.49. The van der Waals surface area contributed by atoms with Gasteiger partial charge in [0.05, 0.1) is 12.5 Å². The molecule has 0 radical (unpaired) electrons. The van der Waals surface area contributed by atoms with E-state index < -0.39 is 0 Å². The summed E-state index contributed by atoms with van der Waals surface area (Å²) in [5.74, 6) is 0. The van der Waals surface area contributed by atoms with Crippen LogP contribution < -0.4 is 0 Å². The predicted molar refractivity (Wildman–Crippen MR) is 47.4 cm³/mol. The second kappa shape index (κ2) is 3.06. The molecule has 12 heavy (non-hydrogen) atoms. The molecule has 0 saturated heterocycles. The van der Waals surface area contributed by atoms with E-state index in [1.54, 1.807) is 18.7 Å². The minimum Gasteiger partial charge on any atom is -0.472 e. The molecule has 0 unspecified atom stereocenters. The lowest BCUT2D eigenvalue weighted by Crippen LogP contribution is -1.82. The van der Waals surface area contributed by atoms with Gasteiger partial charge in [-0.1, -0.05) is 0 Å². The van der Waals surface area contributed by atoms with Gasteiger partial charge in [-0.05, 0) is 22.0 Å². The van der Waals surface area contributed by atoms with E-state index in [1.807, 2.05) is 6.07 Å². The van der Waals surface area contributed by atoms with Crippen LogP contribution in [0.15, 0.2) is 40.1 Å². The number of hydrogen-bond acceptors (Lipinski definition) is 3. The molecule has 0 N–H and O–H groups in total. The van der Waals surface area contributed by atoms with Gasteiger partial charge in [0.25, 0.3) is 0 Å². The maximum absolute atomic E-state index is 4.95. The van der Waals surface area contributed by atoms with E-state index in [0.29, 0.717) is 0 Å². The minimum atomic E-state index is 0.777. The average molecular weight is 225 g/mol. The topological polar surface area (TPSA) is 38.9 Å². The molecule has 2 aromatic heterocycles. The standard InChI is InChI=1S/C8H5BrN2O/c9-8-7(3-10-5-11-8)6-1-2-12-4-6/h1-5H. The number of furan rings is 1. The summed E-state index contributed by atoms with van der Waals surface area (Å²) in [6, 6.07) is 1.86. The maximum Gasteiger partial charge on any atom is 0.117 e. The molecule has 3 nitrogen and oxygen atoms in total. The summed E-state index contributed by atoms with van der Waals surface area (Å²) in [5.41, 5.74) is 1.91. The number of hydrogen-bond donors (Lipinski definition) is 0. The molecular weight excluding hydrogens is 220 g/mol. The molecule has 0 aliphatic rings. The van der Waals surface area contributed by atoms with Crippen LogP contribution in [0.25, 0.3) is 11.1 Å². The summed E-state index contributed by atoms with van der Waals surface area (Å²) in [6.45, 7) is 0.